The normalized spacial score (nSPS) is 11.3. The Morgan fingerprint density at radius 2 is 2.27 bits per heavy atom. The van der Waals surface area contributed by atoms with Gasteiger partial charge < -0.3 is 5.73 Å². The van der Waals surface area contributed by atoms with Gasteiger partial charge in [0, 0.05) is 0 Å². The SMILES string of the molecule is NC(=S)NNS(=O)(=O)c1cc(Cl)c(Br)s1. The van der Waals surface area contributed by atoms with Gasteiger partial charge in [-0.3, -0.25) is 5.43 Å². The van der Waals surface area contributed by atoms with E-state index in [0.29, 0.717) is 8.81 Å². The molecule has 15 heavy (non-hydrogen) atoms. The molecule has 4 N–H and O–H groups in total. The van der Waals surface area contributed by atoms with E-state index < -0.39 is 10.0 Å². The van der Waals surface area contributed by atoms with E-state index in [1.54, 1.807) is 0 Å². The third-order valence-electron chi connectivity index (χ3n) is 1.20. The minimum Gasteiger partial charge on any atom is -0.375 e. The molecule has 0 amide bonds. The topological polar surface area (TPSA) is 84.2 Å². The van der Waals surface area contributed by atoms with Crippen LogP contribution in [0.25, 0.3) is 0 Å². The number of halogens is 2. The van der Waals surface area contributed by atoms with Gasteiger partial charge in [0.05, 0.1) is 8.81 Å². The van der Waals surface area contributed by atoms with E-state index in [-0.39, 0.29) is 9.32 Å². The fourth-order valence-electron chi connectivity index (χ4n) is 0.627. The Balaban J connectivity index is 2.91. The van der Waals surface area contributed by atoms with Crippen LogP contribution in [0.3, 0.4) is 0 Å². The first kappa shape index (κ1) is 13.1. The zero-order valence-electron chi connectivity index (χ0n) is 6.95. The highest BCUT2D eigenvalue weighted by molar-refractivity contribution is 9.11. The minimum absolute atomic E-state index is 0.0584. The summed E-state index contributed by atoms with van der Waals surface area (Å²) in [5, 5.41) is 0.163. The Hall–Kier alpha value is 0.0700. The van der Waals surface area contributed by atoms with Crippen LogP contribution in [0.5, 0.6) is 0 Å². The van der Waals surface area contributed by atoms with Crippen molar-refractivity contribution >= 4 is 66.2 Å². The molecule has 0 radical (unpaired) electrons. The number of thiocarbonyl (C=S) groups is 1. The van der Waals surface area contributed by atoms with Gasteiger partial charge in [-0.2, -0.15) is 0 Å². The monoisotopic (exact) mass is 349 g/mol. The van der Waals surface area contributed by atoms with Crippen molar-refractivity contribution in [3.63, 3.8) is 0 Å². The summed E-state index contributed by atoms with van der Waals surface area (Å²) in [6, 6.07) is 1.32. The second-order valence-electron chi connectivity index (χ2n) is 2.28. The van der Waals surface area contributed by atoms with Crippen LogP contribution < -0.4 is 16.0 Å². The predicted octanol–water partition coefficient (Wildman–Crippen LogP) is 1.19. The summed E-state index contributed by atoms with van der Waals surface area (Å²) in [7, 11) is -3.68. The van der Waals surface area contributed by atoms with E-state index in [4.69, 9.17) is 17.3 Å². The van der Waals surface area contributed by atoms with Gasteiger partial charge in [-0.05, 0) is 34.2 Å². The first-order valence-electron chi connectivity index (χ1n) is 3.35. The third kappa shape index (κ3) is 3.54. The van der Waals surface area contributed by atoms with Crippen molar-refractivity contribution in [1.29, 1.82) is 0 Å². The van der Waals surface area contributed by atoms with Gasteiger partial charge >= 0.3 is 0 Å². The van der Waals surface area contributed by atoms with Gasteiger partial charge in [0.2, 0.25) is 0 Å². The second-order valence-corrected chi connectivity index (χ2v) is 7.41. The highest BCUT2D eigenvalue weighted by atomic mass is 79.9. The lowest BCUT2D eigenvalue weighted by Gasteiger charge is -2.04. The van der Waals surface area contributed by atoms with Gasteiger partial charge in [0.15, 0.2) is 5.11 Å². The number of nitrogens with one attached hydrogen (secondary N) is 2. The van der Waals surface area contributed by atoms with Crippen molar-refractivity contribution in [1.82, 2.24) is 10.3 Å². The smallest absolute Gasteiger partial charge is 0.266 e. The lowest BCUT2D eigenvalue weighted by molar-refractivity contribution is 0.579. The van der Waals surface area contributed by atoms with Crippen LogP contribution in [0.15, 0.2) is 14.1 Å². The summed E-state index contributed by atoms with van der Waals surface area (Å²) >= 11 is 14.2. The highest BCUT2D eigenvalue weighted by Gasteiger charge is 2.18. The molecule has 84 valence electrons. The summed E-state index contributed by atoms with van der Waals surface area (Å²) in [6.07, 6.45) is 0. The number of nitrogens with two attached hydrogens (primary N) is 1. The van der Waals surface area contributed by atoms with Crippen molar-refractivity contribution in [2.75, 3.05) is 0 Å². The van der Waals surface area contributed by atoms with Crippen LogP contribution in [0.4, 0.5) is 0 Å². The first-order valence-corrected chi connectivity index (χ1v) is 7.23. The Morgan fingerprint density at radius 3 is 2.67 bits per heavy atom. The molecule has 5 nitrogen and oxygen atoms in total. The van der Waals surface area contributed by atoms with E-state index in [2.05, 4.69) is 33.6 Å². The van der Waals surface area contributed by atoms with Crippen LogP contribution >= 0.6 is 51.1 Å². The maximum Gasteiger partial charge on any atom is 0.266 e. The van der Waals surface area contributed by atoms with Gasteiger partial charge in [-0.25, -0.2) is 8.42 Å². The zero-order valence-corrected chi connectivity index (χ0v) is 11.7. The average Bonchev–Trinajstić information content (AvgIpc) is 2.45. The summed E-state index contributed by atoms with van der Waals surface area (Å²) in [5.41, 5.74) is 7.21. The first-order chi connectivity index (χ1) is 6.83. The number of hydrazine groups is 1. The summed E-state index contributed by atoms with van der Waals surface area (Å²) in [4.78, 5) is 2.00. The van der Waals surface area contributed by atoms with E-state index in [1.807, 2.05) is 4.83 Å². The molecular weight excluding hydrogens is 346 g/mol. The molecule has 1 aromatic rings. The fourth-order valence-corrected chi connectivity index (χ4v) is 4.00. The lowest BCUT2D eigenvalue weighted by Crippen LogP contribution is -2.43. The minimum atomic E-state index is -3.68. The quantitative estimate of drug-likeness (QED) is 0.563. The predicted molar refractivity (Wildman–Crippen MR) is 67.3 cm³/mol. The van der Waals surface area contributed by atoms with Crippen molar-refractivity contribution in [3.8, 4) is 0 Å². The third-order valence-corrected chi connectivity index (χ3v) is 5.49. The van der Waals surface area contributed by atoms with Crippen molar-refractivity contribution < 1.29 is 8.42 Å². The van der Waals surface area contributed by atoms with E-state index >= 15 is 0 Å². The van der Waals surface area contributed by atoms with Crippen LogP contribution in [0.2, 0.25) is 5.02 Å². The summed E-state index contributed by atoms with van der Waals surface area (Å²) < 4.78 is 23.7. The number of hydrogen-bond acceptors (Lipinski definition) is 4. The van der Waals surface area contributed by atoms with Gasteiger partial charge in [-0.1, -0.05) is 11.6 Å². The molecule has 0 bridgehead atoms. The Bertz CT molecular complexity index is 466. The number of sulfonamides is 1. The molecule has 0 aliphatic carbocycles. The van der Waals surface area contributed by atoms with E-state index in [9.17, 15) is 8.42 Å². The Morgan fingerprint density at radius 1 is 1.67 bits per heavy atom. The molecule has 1 aromatic heterocycles. The molecule has 0 aliphatic rings. The number of hydrogen-bond donors (Lipinski definition) is 3. The molecule has 0 unspecified atom stereocenters. The molecule has 0 aliphatic heterocycles. The van der Waals surface area contributed by atoms with Crippen LogP contribution in [-0.2, 0) is 10.0 Å². The van der Waals surface area contributed by atoms with Crippen LogP contribution in [-0.4, -0.2) is 13.5 Å². The van der Waals surface area contributed by atoms with Gasteiger partial charge in [0.1, 0.15) is 4.21 Å². The molecule has 10 heteroatoms. The van der Waals surface area contributed by atoms with Gasteiger partial charge in [0.25, 0.3) is 10.0 Å². The average molecular weight is 351 g/mol. The van der Waals surface area contributed by atoms with E-state index in [1.165, 1.54) is 6.07 Å². The molecule has 0 fully saturated rings. The molecule has 0 saturated heterocycles. The fraction of sp³-hybridized carbons (Fsp3) is 0. The molecule has 0 spiro atoms. The summed E-state index contributed by atoms with van der Waals surface area (Å²) in [5.74, 6) is 0. The molecule has 1 heterocycles. The molecular formula is C5H5BrClN3O2S3. The molecule has 0 saturated carbocycles. The van der Waals surface area contributed by atoms with Gasteiger partial charge in [-0.15, -0.1) is 16.2 Å². The second kappa shape index (κ2) is 4.93. The van der Waals surface area contributed by atoms with Crippen molar-refractivity contribution in [2.24, 2.45) is 5.73 Å². The molecule has 0 aromatic carbocycles. The number of rotatable bonds is 3. The zero-order chi connectivity index (χ0) is 11.6. The number of thiophene rings is 1. The highest BCUT2D eigenvalue weighted by Crippen LogP contribution is 2.34. The van der Waals surface area contributed by atoms with Crippen molar-refractivity contribution in [3.05, 3.63) is 14.9 Å². The Labute approximate surface area is 109 Å². The van der Waals surface area contributed by atoms with Crippen LogP contribution in [0, 0.1) is 0 Å². The van der Waals surface area contributed by atoms with E-state index in [0.717, 1.165) is 11.3 Å². The Kier molecular flexibility index (Phi) is 4.32. The maximum absolute atomic E-state index is 11.5. The van der Waals surface area contributed by atoms with Crippen molar-refractivity contribution in [2.45, 2.75) is 4.21 Å². The maximum atomic E-state index is 11.5. The molecule has 0 atom stereocenters. The van der Waals surface area contributed by atoms with Crippen LogP contribution in [0.1, 0.15) is 0 Å². The lowest BCUT2D eigenvalue weighted by atomic mass is 10.7. The molecule has 1 rings (SSSR count). The summed E-state index contributed by atoms with van der Waals surface area (Å²) in [6.45, 7) is 0. The standard InChI is InChI=1S/C5H5BrClN3O2S3/c6-4-2(7)1-3(14-4)15(11,12)10-9-5(8)13/h1,10H,(H3,8,9,13). The largest absolute Gasteiger partial charge is 0.375 e.